The molecule has 2 fully saturated rings. The monoisotopic (exact) mass is 371 g/mol. The molecule has 1 saturated carbocycles. The van der Waals surface area contributed by atoms with E-state index in [1.165, 1.54) is 0 Å². The number of para-hydroxylation sites is 1. The highest BCUT2D eigenvalue weighted by Crippen LogP contribution is 2.39. The zero-order valence-electron chi connectivity index (χ0n) is 15.2. The number of piperidine rings is 1. The smallest absolute Gasteiger partial charge is 0.254 e. The van der Waals surface area contributed by atoms with Crippen LogP contribution in [0.1, 0.15) is 48.9 Å². The van der Waals surface area contributed by atoms with Crippen molar-refractivity contribution < 1.29 is 19.5 Å². The molecule has 0 spiro atoms. The molecule has 0 aromatic heterocycles. The summed E-state index contributed by atoms with van der Waals surface area (Å²) in [6.45, 7) is 1.02. The average molecular weight is 371 g/mol. The molecule has 0 radical (unpaired) electrons. The predicted octanol–water partition coefficient (Wildman–Crippen LogP) is 1.28. The van der Waals surface area contributed by atoms with E-state index in [2.05, 4.69) is 10.6 Å². The molecule has 27 heavy (non-hydrogen) atoms. The Morgan fingerprint density at radius 2 is 2.04 bits per heavy atom. The van der Waals surface area contributed by atoms with Crippen molar-refractivity contribution in [3.8, 4) is 0 Å². The second kappa shape index (κ2) is 6.96. The van der Waals surface area contributed by atoms with Gasteiger partial charge in [0.25, 0.3) is 5.91 Å². The van der Waals surface area contributed by atoms with Crippen LogP contribution in [0.4, 0.5) is 5.69 Å². The van der Waals surface area contributed by atoms with Gasteiger partial charge in [0, 0.05) is 19.0 Å². The van der Waals surface area contributed by atoms with Crippen LogP contribution in [0, 0.1) is 5.92 Å². The third kappa shape index (κ3) is 3.43. The fourth-order valence-corrected chi connectivity index (χ4v) is 4.56. The summed E-state index contributed by atoms with van der Waals surface area (Å²) in [7, 11) is 0. The lowest BCUT2D eigenvalue weighted by molar-refractivity contribution is -0.144. The van der Waals surface area contributed by atoms with Gasteiger partial charge in [-0.15, -0.1) is 0 Å². The van der Waals surface area contributed by atoms with Gasteiger partial charge in [-0.2, -0.15) is 0 Å². The molecule has 3 amide bonds. The number of rotatable bonds is 2. The van der Waals surface area contributed by atoms with Gasteiger partial charge in [-0.3, -0.25) is 14.4 Å². The maximum atomic E-state index is 12.8. The van der Waals surface area contributed by atoms with Crippen molar-refractivity contribution in [2.24, 2.45) is 5.92 Å². The van der Waals surface area contributed by atoms with Gasteiger partial charge in [0.2, 0.25) is 11.8 Å². The maximum absolute atomic E-state index is 12.8. The van der Waals surface area contributed by atoms with Crippen molar-refractivity contribution in [3.05, 3.63) is 29.8 Å². The number of nitrogens with one attached hydrogen (secondary N) is 2. The summed E-state index contributed by atoms with van der Waals surface area (Å²) in [6.07, 6.45) is 4.36. The number of likely N-dealkylation sites (tertiary alicyclic amines) is 1. The highest BCUT2D eigenvalue weighted by atomic mass is 16.3. The molecule has 0 bridgehead atoms. The average Bonchev–Trinajstić information content (AvgIpc) is 2.77. The molecule has 7 heteroatoms. The van der Waals surface area contributed by atoms with E-state index in [4.69, 9.17) is 0 Å². The van der Waals surface area contributed by atoms with Crippen LogP contribution < -0.4 is 10.6 Å². The minimum absolute atomic E-state index is 0.0727. The molecule has 2 unspecified atom stereocenters. The SMILES string of the molecule is O=C1N[C@@H](CC(=O)N2CCC3(O)CCCCC3C2)C(=O)Nc2ccccc21. The van der Waals surface area contributed by atoms with Crippen LogP contribution in [-0.2, 0) is 9.59 Å². The van der Waals surface area contributed by atoms with Gasteiger partial charge in [-0.05, 0) is 31.4 Å². The zero-order chi connectivity index (χ0) is 19.0. The van der Waals surface area contributed by atoms with Gasteiger partial charge in [0.15, 0.2) is 0 Å². The first-order valence-corrected chi connectivity index (χ1v) is 9.67. The van der Waals surface area contributed by atoms with E-state index >= 15 is 0 Å². The largest absolute Gasteiger partial charge is 0.389 e. The number of fused-ring (bicyclic) bond motifs is 2. The third-order valence-electron chi connectivity index (χ3n) is 6.21. The summed E-state index contributed by atoms with van der Waals surface area (Å²) in [6, 6.07) is 5.89. The van der Waals surface area contributed by atoms with Crippen LogP contribution >= 0.6 is 0 Å². The number of carbonyl (C=O) groups is 3. The molecule has 3 atom stereocenters. The van der Waals surface area contributed by atoms with E-state index in [-0.39, 0.29) is 30.1 Å². The Kier molecular flexibility index (Phi) is 4.63. The lowest BCUT2D eigenvalue weighted by atomic mass is 9.71. The van der Waals surface area contributed by atoms with E-state index in [0.717, 1.165) is 25.7 Å². The van der Waals surface area contributed by atoms with Crippen molar-refractivity contribution in [2.75, 3.05) is 18.4 Å². The van der Waals surface area contributed by atoms with E-state index in [0.29, 0.717) is 30.8 Å². The van der Waals surface area contributed by atoms with Crippen molar-refractivity contribution in [3.63, 3.8) is 0 Å². The number of anilines is 1. The quantitative estimate of drug-likeness (QED) is 0.729. The van der Waals surface area contributed by atoms with Crippen LogP contribution in [-0.4, -0.2) is 52.5 Å². The Morgan fingerprint density at radius 1 is 1.22 bits per heavy atom. The molecule has 1 aromatic carbocycles. The Bertz CT molecular complexity index is 780. The maximum Gasteiger partial charge on any atom is 0.254 e. The summed E-state index contributed by atoms with van der Waals surface area (Å²) in [4.78, 5) is 39.4. The molecule has 144 valence electrons. The summed E-state index contributed by atoms with van der Waals surface area (Å²) in [5, 5.41) is 16.2. The second-order valence-electron chi connectivity index (χ2n) is 7.90. The van der Waals surface area contributed by atoms with Gasteiger partial charge in [0.1, 0.15) is 6.04 Å². The highest BCUT2D eigenvalue weighted by molar-refractivity contribution is 6.10. The normalized spacial score (nSPS) is 30.5. The molecule has 1 aliphatic carbocycles. The van der Waals surface area contributed by atoms with Crippen molar-refractivity contribution in [2.45, 2.75) is 50.2 Å². The third-order valence-corrected chi connectivity index (χ3v) is 6.21. The molecule has 2 aliphatic heterocycles. The van der Waals surface area contributed by atoms with Crippen molar-refractivity contribution in [1.29, 1.82) is 0 Å². The standard InChI is InChI=1S/C20H25N3O4/c24-17(23-10-9-20(27)8-4-3-5-13(20)12-23)11-16-19(26)21-15-7-2-1-6-14(15)18(25)22-16/h1-2,6-7,13,16,27H,3-5,8-12H2,(H,21,26)(H,22,25)/t13?,16-,20?/m0/s1. The van der Waals surface area contributed by atoms with Crippen molar-refractivity contribution >= 4 is 23.4 Å². The minimum Gasteiger partial charge on any atom is -0.389 e. The Hall–Kier alpha value is -2.41. The zero-order valence-corrected chi connectivity index (χ0v) is 15.2. The van der Waals surface area contributed by atoms with Crippen LogP contribution in [0.25, 0.3) is 0 Å². The summed E-state index contributed by atoms with van der Waals surface area (Å²) in [5.41, 5.74) is 0.205. The molecule has 1 aromatic rings. The van der Waals surface area contributed by atoms with E-state index in [9.17, 15) is 19.5 Å². The number of nitrogens with zero attached hydrogens (tertiary/aromatic N) is 1. The van der Waals surface area contributed by atoms with Gasteiger partial charge < -0.3 is 20.6 Å². The van der Waals surface area contributed by atoms with Crippen LogP contribution in [0.5, 0.6) is 0 Å². The van der Waals surface area contributed by atoms with Crippen molar-refractivity contribution in [1.82, 2.24) is 10.2 Å². The van der Waals surface area contributed by atoms with Gasteiger partial charge >= 0.3 is 0 Å². The predicted molar refractivity (Wildman–Crippen MR) is 99.0 cm³/mol. The fraction of sp³-hybridized carbons (Fsp3) is 0.550. The summed E-state index contributed by atoms with van der Waals surface area (Å²) >= 11 is 0. The molecular weight excluding hydrogens is 346 g/mol. The minimum atomic E-state index is -0.899. The number of hydrogen-bond acceptors (Lipinski definition) is 4. The Labute approximate surface area is 158 Å². The number of carbonyl (C=O) groups excluding carboxylic acids is 3. The topological polar surface area (TPSA) is 98.7 Å². The van der Waals surface area contributed by atoms with E-state index < -0.39 is 11.6 Å². The molecule has 1 saturated heterocycles. The fourth-order valence-electron chi connectivity index (χ4n) is 4.56. The molecule has 2 heterocycles. The van der Waals surface area contributed by atoms with E-state index in [1.54, 1.807) is 29.2 Å². The molecule has 7 nitrogen and oxygen atoms in total. The molecule has 4 rings (SSSR count). The van der Waals surface area contributed by atoms with Gasteiger partial charge in [-0.1, -0.05) is 25.0 Å². The molecule has 3 aliphatic rings. The van der Waals surface area contributed by atoms with E-state index in [1.807, 2.05) is 0 Å². The number of amides is 3. The first kappa shape index (κ1) is 18.0. The highest BCUT2D eigenvalue weighted by Gasteiger charge is 2.44. The van der Waals surface area contributed by atoms with Crippen LogP contribution in [0.3, 0.4) is 0 Å². The lowest BCUT2D eigenvalue weighted by Gasteiger charge is -2.47. The Balaban J connectivity index is 1.43. The van der Waals surface area contributed by atoms with Gasteiger partial charge in [-0.25, -0.2) is 0 Å². The lowest BCUT2D eigenvalue weighted by Crippen LogP contribution is -2.55. The van der Waals surface area contributed by atoms with Crippen LogP contribution in [0.15, 0.2) is 24.3 Å². The first-order valence-electron chi connectivity index (χ1n) is 9.67. The Morgan fingerprint density at radius 3 is 2.89 bits per heavy atom. The summed E-state index contributed by atoms with van der Waals surface area (Å²) < 4.78 is 0. The number of hydrogen-bond donors (Lipinski definition) is 3. The molecular formula is C20H25N3O4. The first-order chi connectivity index (χ1) is 13.0. The second-order valence-corrected chi connectivity index (χ2v) is 7.90. The van der Waals surface area contributed by atoms with Gasteiger partial charge in [0.05, 0.1) is 23.3 Å². The molecule has 3 N–H and O–H groups in total. The van der Waals surface area contributed by atoms with Crippen LogP contribution in [0.2, 0.25) is 0 Å². The number of benzene rings is 1. The summed E-state index contributed by atoms with van der Waals surface area (Å²) in [5.74, 6) is -0.797. The number of aliphatic hydroxyl groups is 1.